The highest BCUT2D eigenvalue weighted by Gasteiger charge is 2.60. The Balaban J connectivity index is 1.49. The van der Waals surface area contributed by atoms with E-state index >= 15 is 0 Å². The first-order chi connectivity index (χ1) is 14.2. The fraction of sp³-hybridized carbons (Fsp3) is 0.931. The van der Waals surface area contributed by atoms with Crippen LogP contribution in [-0.2, 0) is 0 Å². The summed E-state index contributed by atoms with van der Waals surface area (Å²) >= 11 is 0. The lowest BCUT2D eigenvalue weighted by Gasteiger charge is -2.59. The molecule has 1 nitrogen and oxygen atoms in total. The molecule has 0 saturated heterocycles. The molecule has 4 aliphatic rings. The van der Waals surface area contributed by atoms with Gasteiger partial charge in [-0.25, -0.2) is 0 Å². The third-order valence-corrected chi connectivity index (χ3v) is 11.4. The summed E-state index contributed by atoms with van der Waals surface area (Å²) in [6.07, 6.45) is 17.1. The standard InChI is InChI=1S/C29H50O/c1-7-21(19(2)3)12-11-20(4)24-15-16-25-23-14-13-22-9-8-10-27(30)29(22,6)26(23)17-18-28(24,25)5/h13,19-21,23-27,30H,7-12,14-18H2,1-6H3/t20-,21-,23+,24-,25+,26+,27?,28-,29+/m1/s1. The Bertz CT molecular complexity index is 634. The zero-order valence-corrected chi connectivity index (χ0v) is 20.9. The second-order valence-electron chi connectivity index (χ2n) is 12.7. The van der Waals surface area contributed by atoms with Crippen molar-refractivity contribution in [1.82, 2.24) is 0 Å². The summed E-state index contributed by atoms with van der Waals surface area (Å²) in [5.74, 6) is 5.96. The van der Waals surface area contributed by atoms with Crippen LogP contribution in [0.2, 0.25) is 0 Å². The molecule has 0 aromatic heterocycles. The van der Waals surface area contributed by atoms with E-state index in [2.05, 4.69) is 47.6 Å². The van der Waals surface area contributed by atoms with Crippen LogP contribution in [0.15, 0.2) is 11.6 Å². The molecule has 0 bridgehead atoms. The zero-order valence-electron chi connectivity index (χ0n) is 20.9. The Kier molecular flexibility index (Phi) is 6.53. The van der Waals surface area contributed by atoms with Crippen molar-refractivity contribution in [3.63, 3.8) is 0 Å². The lowest BCUT2D eigenvalue weighted by molar-refractivity contribution is -0.0931. The van der Waals surface area contributed by atoms with Crippen molar-refractivity contribution < 1.29 is 5.11 Å². The molecule has 4 rings (SSSR count). The molecule has 1 heteroatoms. The summed E-state index contributed by atoms with van der Waals surface area (Å²) < 4.78 is 0. The lowest BCUT2D eigenvalue weighted by Crippen LogP contribution is -2.54. The number of hydrogen-bond donors (Lipinski definition) is 1. The molecular weight excluding hydrogens is 364 g/mol. The van der Waals surface area contributed by atoms with E-state index in [0.717, 1.165) is 47.8 Å². The first-order valence-corrected chi connectivity index (χ1v) is 13.6. The molecule has 9 atom stereocenters. The number of aliphatic hydroxyl groups is 1. The van der Waals surface area contributed by atoms with Gasteiger partial charge in [0.2, 0.25) is 0 Å². The minimum absolute atomic E-state index is 0.0812. The summed E-state index contributed by atoms with van der Waals surface area (Å²) in [6, 6.07) is 0. The molecule has 0 radical (unpaired) electrons. The van der Waals surface area contributed by atoms with Gasteiger partial charge in [-0.05, 0) is 105 Å². The van der Waals surface area contributed by atoms with Crippen LogP contribution in [0.4, 0.5) is 0 Å². The van der Waals surface area contributed by atoms with Crippen molar-refractivity contribution in [3.05, 3.63) is 11.6 Å². The molecule has 0 aromatic carbocycles. The Labute approximate surface area is 187 Å². The maximum atomic E-state index is 11.1. The molecule has 3 saturated carbocycles. The van der Waals surface area contributed by atoms with E-state index in [4.69, 9.17) is 0 Å². The molecule has 4 aliphatic carbocycles. The first kappa shape index (κ1) is 22.9. The lowest BCUT2D eigenvalue weighted by atomic mass is 9.46. The number of rotatable bonds is 6. The number of fused-ring (bicyclic) bond motifs is 5. The molecule has 0 heterocycles. The van der Waals surface area contributed by atoms with E-state index < -0.39 is 0 Å². The van der Waals surface area contributed by atoms with Crippen molar-refractivity contribution in [1.29, 1.82) is 0 Å². The summed E-state index contributed by atoms with van der Waals surface area (Å²) in [6.45, 7) is 14.9. The van der Waals surface area contributed by atoms with E-state index in [1.54, 1.807) is 5.57 Å². The summed E-state index contributed by atoms with van der Waals surface area (Å²) in [5.41, 5.74) is 2.24. The maximum absolute atomic E-state index is 11.1. The molecule has 30 heavy (non-hydrogen) atoms. The highest BCUT2D eigenvalue weighted by Crippen LogP contribution is 2.67. The molecule has 0 spiro atoms. The first-order valence-electron chi connectivity index (χ1n) is 13.6. The fourth-order valence-corrected chi connectivity index (χ4v) is 9.38. The maximum Gasteiger partial charge on any atom is 0.0633 e. The average Bonchev–Trinajstić information content (AvgIpc) is 3.06. The van der Waals surface area contributed by atoms with Crippen molar-refractivity contribution in [2.75, 3.05) is 0 Å². The van der Waals surface area contributed by atoms with Crippen molar-refractivity contribution in [3.8, 4) is 0 Å². The van der Waals surface area contributed by atoms with Gasteiger partial charge in [0.05, 0.1) is 6.10 Å². The van der Waals surface area contributed by atoms with Crippen LogP contribution in [-0.4, -0.2) is 11.2 Å². The van der Waals surface area contributed by atoms with Crippen LogP contribution >= 0.6 is 0 Å². The molecular formula is C29H50O. The normalized spacial score (nSPS) is 45.3. The Morgan fingerprint density at radius 3 is 2.50 bits per heavy atom. The predicted octanol–water partition coefficient (Wildman–Crippen LogP) is 8.02. The van der Waals surface area contributed by atoms with Crippen LogP contribution in [0.1, 0.15) is 112 Å². The molecule has 3 fully saturated rings. The average molecular weight is 415 g/mol. The topological polar surface area (TPSA) is 20.2 Å². The van der Waals surface area contributed by atoms with Crippen LogP contribution in [0.3, 0.4) is 0 Å². The highest BCUT2D eigenvalue weighted by atomic mass is 16.3. The second kappa shape index (κ2) is 8.57. The van der Waals surface area contributed by atoms with Gasteiger partial charge in [-0.2, -0.15) is 0 Å². The minimum Gasteiger partial charge on any atom is -0.392 e. The third kappa shape index (κ3) is 3.54. The SMILES string of the molecule is CC[C@H](CC[C@@H](C)[C@H]1CC[C@H]2[C@@H]3CC=C4CCCC(O)[C@]4(C)[C@H]3CC[C@]12C)C(C)C. The quantitative estimate of drug-likeness (QED) is 0.436. The summed E-state index contributed by atoms with van der Waals surface area (Å²) in [5, 5.41) is 11.1. The fourth-order valence-electron chi connectivity index (χ4n) is 9.38. The Hall–Kier alpha value is -0.300. The van der Waals surface area contributed by atoms with Gasteiger partial charge < -0.3 is 5.11 Å². The largest absolute Gasteiger partial charge is 0.392 e. The molecule has 1 N–H and O–H groups in total. The van der Waals surface area contributed by atoms with Crippen LogP contribution in [0.25, 0.3) is 0 Å². The smallest absolute Gasteiger partial charge is 0.0633 e. The van der Waals surface area contributed by atoms with Gasteiger partial charge in [0.15, 0.2) is 0 Å². The minimum atomic E-state index is -0.104. The summed E-state index contributed by atoms with van der Waals surface area (Å²) in [7, 11) is 0. The van der Waals surface area contributed by atoms with Crippen molar-refractivity contribution >= 4 is 0 Å². The number of aliphatic hydroxyl groups excluding tert-OH is 1. The zero-order chi connectivity index (χ0) is 21.7. The van der Waals surface area contributed by atoms with Gasteiger partial charge in [0.1, 0.15) is 0 Å². The third-order valence-electron chi connectivity index (χ3n) is 11.4. The Morgan fingerprint density at radius 1 is 1.03 bits per heavy atom. The van der Waals surface area contributed by atoms with E-state index in [-0.39, 0.29) is 11.5 Å². The van der Waals surface area contributed by atoms with Gasteiger partial charge in [-0.1, -0.05) is 66.0 Å². The van der Waals surface area contributed by atoms with Gasteiger partial charge in [0.25, 0.3) is 0 Å². The molecule has 0 aromatic rings. The van der Waals surface area contributed by atoms with Crippen LogP contribution in [0, 0.1) is 52.3 Å². The number of hydrogen-bond acceptors (Lipinski definition) is 1. The van der Waals surface area contributed by atoms with Gasteiger partial charge in [-0.3, -0.25) is 0 Å². The van der Waals surface area contributed by atoms with E-state index in [0.29, 0.717) is 5.41 Å². The van der Waals surface area contributed by atoms with Gasteiger partial charge >= 0.3 is 0 Å². The van der Waals surface area contributed by atoms with E-state index in [1.807, 2.05) is 0 Å². The Morgan fingerprint density at radius 2 is 1.80 bits per heavy atom. The highest BCUT2D eigenvalue weighted by molar-refractivity contribution is 5.26. The monoisotopic (exact) mass is 414 g/mol. The van der Waals surface area contributed by atoms with E-state index in [9.17, 15) is 5.11 Å². The summed E-state index contributed by atoms with van der Waals surface area (Å²) in [4.78, 5) is 0. The van der Waals surface area contributed by atoms with Gasteiger partial charge in [0, 0.05) is 5.41 Å². The number of allylic oxidation sites excluding steroid dienone is 1. The molecule has 0 amide bonds. The van der Waals surface area contributed by atoms with Crippen molar-refractivity contribution in [2.45, 2.75) is 118 Å². The second-order valence-corrected chi connectivity index (χ2v) is 12.7. The van der Waals surface area contributed by atoms with Crippen LogP contribution in [0.5, 0.6) is 0 Å². The molecule has 172 valence electrons. The van der Waals surface area contributed by atoms with Crippen LogP contribution < -0.4 is 0 Å². The molecule has 0 aliphatic heterocycles. The van der Waals surface area contributed by atoms with E-state index in [1.165, 1.54) is 64.2 Å². The van der Waals surface area contributed by atoms with Gasteiger partial charge in [-0.15, -0.1) is 0 Å². The predicted molar refractivity (Wildman–Crippen MR) is 128 cm³/mol. The molecule has 1 unspecified atom stereocenters. The van der Waals surface area contributed by atoms with Crippen molar-refractivity contribution in [2.24, 2.45) is 52.3 Å².